The van der Waals surface area contributed by atoms with E-state index in [0.29, 0.717) is 6.61 Å². The summed E-state index contributed by atoms with van der Waals surface area (Å²) in [6.07, 6.45) is 3.92. The van der Waals surface area contributed by atoms with E-state index in [-0.39, 0.29) is 12.1 Å². The summed E-state index contributed by atoms with van der Waals surface area (Å²) in [4.78, 5) is 2.42. The molecule has 8 heteroatoms. The molecule has 2 aliphatic heterocycles. The molecule has 0 saturated carbocycles. The molecule has 2 aliphatic rings. The largest absolute Gasteiger partial charge is 0.370 e. The van der Waals surface area contributed by atoms with Crippen LogP contribution < -0.4 is 0 Å². The number of likely N-dealkylation sites (tertiary alicyclic amines) is 1. The molecule has 0 bridgehead atoms. The van der Waals surface area contributed by atoms with Gasteiger partial charge in [0.1, 0.15) is 5.15 Å². The highest BCUT2D eigenvalue weighted by molar-refractivity contribution is 6.30. The SMILES string of the molecule is CCc1nn(C)c(Cl)c1CN1CC[C@@H]2OCc3cnnn3[C@H]2C1. The molecule has 2 atom stereocenters. The van der Waals surface area contributed by atoms with E-state index in [1.807, 2.05) is 11.7 Å². The summed E-state index contributed by atoms with van der Waals surface area (Å²) in [6, 6.07) is 0.232. The molecule has 2 aromatic heterocycles. The second kappa shape index (κ2) is 5.89. The zero-order chi connectivity index (χ0) is 16.0. The Bertz CT molecular complexity index is 711. The fourth-order valence-electron chi connectivity index (χ4n) is 3.65. The third-order valence-electron chi connectivity index (χ3n) is 4.88. The number of piperidine rings is 1. The summed E-state index contributed by atoms with van der Waals surface area (Å²) < 4.78 is 9.77. The van der Waals surface area contributed by atoms with Gasteiger partial charge in [0.25, 0.3) is 0 Å². The summed E-state index contributed by atoms with van der Waals surface area (Å²) in [7, 11) is 1.90. The summed E-state index contributed by atoms with van der Waals surface area (Å²) >= 11 is 6.43. The molecule has 0 amide bonds. The molecule has 4 heterocycles. The van der Waals surface area contributed by atoms with Crippen LogP contribution in [0.25, 0.3) is 0 Å². The molecule has 0 radical (unpaired) electrons. The van der Waals surface area contributed by atoms with Gasteiger partial charge < -0.3 is 4.74 Å². The van der Waals surface area contributed by atoms with E-state index in [0.717, 1.165) is 54.6 Å². The van der Waals surface area contributed by atoms with Crippen molar-refractivity contribution < 1.29 is 4.74 Å². The van der Waals surface area contributed by atoms with E-state index in [2.05, 4.69) is 27.2 Å². The van der Waals surface area contributed by atoms with Gasteiger partial charge in [-0.1, -0.05) is 23.7 Å². The van der Waals surface area contributed by atoms with Gasteiger partial charge >= 0.3 is 0 Å². The van der Waals surface area contributed by atoms with Crippen LogP contribution in [0.4, 0.5) is 0 Å². The number of ether oxygens (including phenoxy) is 1. The van der Waals surface area contributed by atoms with Gasteiger partial charge in [-0.25, -0.2) is 4.68 Å². The number of rotatable bonds is 3. The number of aryl methyl sites for hydroxylation is 2. The average Bonchev–Trinajstić information content (AvgIpc) is 3.15. The van der Waals surface area contributed by atoms with Crippen molar-refractivity contribution in [3.8, 4) is 0 Å². The van der Waals surface area contributed by atoms with Crippen molar-refractivity contribution in [2.24, 2.45) is 7.05 Å². The third-order valence-corrected chi connectivity index (χ3v) is 5.35. The maximum absolute atomic E-state index is 6.43. The van der Waals surface area contributed by atoms with Crippen molar-refractivity contribution in [2.75, 3.05) is 13.1 Å². The van der Waals surface area contributed by atoms with Crippen molar-refractivity contribution in [3.63, 3.8) is 0 Å². The van der Waals surface area contributed by atoms with Crippen LogP contribution in [0.3, 0.4) is 0 Å². The van der Waals surface area contributed by atoms with E-state index in [1.165, 1.54) is 0 Å². The van der Waals surface area contributed by atoms with Crippen LogP contribution in [0, 0.1) is 0 Å². The van der Waals surface area contributed by atoms with E-state index in [1.54, 1.807) is 10.9 Å². The fraction of sp³-hybridized carbons (Fsp3) is 0.667. The lowest BCUT2D eigenvalue weighted by Crippen LogP contribution is -2.47. The monoisotopic (exact) mass is 336 g/mol. The maximum Gasteiger partial charge on any atom is 0.131 e. The van der Waals surface area contributed by atoms with Crippen LogP contribution in [0.1, 0.15) is 36.3 Å². The minimum Gasteiger partial charge on any atom is -0.370 e. The predicted molar refractivity (Wildman–Crippen MR) is 85.1 cm³/mol. The van der Waals surface area contributed by atoms with Crippen LogP contribution in [0.5, 0.6) is 0 Å². The van der Waals surface area contributed by atoms with E-state index < -0.39 is 0 Å². The van der Waals surface area contributed by atoms with Gasteiger partial charge in [0, 0.05) is 32.2 Å². The van der Waals surface area contributed by atoms with Gasteiger partial charge in [0.05, 0.1) is 36.3 Å². The second-order valence-electron chi connectivity index (χ2n) is 6.30. The van der Waals surface area contributed by atoms with Gasteiger partial charge in [-0.05, 0) is 12.8 Å². The van der Waals surface area contributed by atoms with Gasteiger partial charge in [-0.3, -0.25) is 9.58 Å². The van der Waals surface area contributed by atoms with Crippen molar-refractivity contribution >= 4 is 11.6 Å². The molecular weight excluding hydrogens is 316 g/mol. The van der Waals surface area contributed by atoms with E-state index in [4.69, 9.17) is 16.3 Å². The molecule has 124 valence electrons. The maximum atomic E-state index is 6.43. The summed E-state index contributed by atoms with van der Waals surface area (Å²) in [5, 5.41) is 13.5. The Morgan fingerprint density at radius 1 is 1.43 bits per heavy atom. The van der Waals surface area contributed by atoms with Crippen LogP contribution in [0.2, 0.25) is 5.15 Å². The standard InChI is InChI=1S/C15H21ClN6O/c1-3-12-11(15(16)20(2)18-12)7-21-5-4-14-13(8-21)22-10(9-23-14)6-17-19-22/h6,13-14H,3-5,7-9H2,1-2H3/t13-,14-/m0/s1. The minimum absolute atomic E-state index is 0.232. The molecule has 4 rings (SSSR count). The van der Waals surface area contributed by atoms with E-state index >= 15 is 0 Å². The first-order valence-electron chi connectivity index (χ1n) is 8.10. The normalized spacial score (nSPS) is 24.5. The van der Waals surface area contributed by atoms with Gasteiger partial charge in [0.15, 0.2) is 0 Å². The smallest absolute Gasteiger partial charge is 0.131 e. The molecular formula is C15H21ClN6O. The van der Waals surface area contributed by atoms with Crippen molar-refractivity contribution in [3.05, 3.63) is 28.3 Å². The molecule has 0 aromatic carbocycles. The number of nitrogens with zero attached hydrogens (tertiary/aromatic N) is 6. The quantitative estimate of drug-likeness (QED) is 0.851. The number of fused-ring (bicyclic) bond motifs is 3. The first-order valence-corrected chi connectivity index (χ1v) is 8.48. The molecule has 1 fully saturated rings. The highest BCUT2D eigenvalue weighted by atomic mass is 35.5. The average molecular weight is 337 g/mol. The lowest BCUT2D eigenvalue weighted by atomic mass is 10.00. The molecule has 1 saturated heterocycles. The molecule has 23 heavy (non-hydrogen) atoms. The topological polar surface area (TPSA) is 61.0 Å². The Labute approximate surface area is 140 Å². The second-order valence-corrected chi connectivity index (χ2v) is 6.66. The number of aromatic nitrogens is 5. The Kier molecular flexibility index (Phi) is 3.87. The minimum atomic E-state index is 0.232. The fourth-order valence-corrected chi connectivity index (χ4v) is 3.86. The Balaban J connectivity index is 1.55. The highest BCUT2D eigenvalue weighted by Gasteiger charge is 2.36. The van der Waals surface area contributed by atoms with Crippen LogP contribution >= 0.6 is 11.6 Å². The molecule has 7 nitrogen and oxygen atoms in total. The zero-order valence-corrected chi connectivity index (χ0v) is 14.2. The number of halogens is 1. The number of hydrogen-bond donors (Lipinski definition) is 0. The van der Waals surface area contributed by atoms with Crippen molar-refractivity contribution in [2.45, 2.75) is 45.1 Å². The van der Waals surface area contributed by atoms with Crippen molar-refractivity contribution in [1.29, 1.82) is 0 Å². The van der Waals surface area contributed by atoms with Gasteiger partial charge in [0.2, 0.25) is 0 Å². The molecule has 0 unspecified atom stereocenters. The zero-order valence-electron chi connectivity index (χ0n) is 13.4. The summed E-state index contributed by atoms with van der Waals surface area (Å²) in [6.45, 7) is 5.45. The van der Waals surface area contributed by atoms with Crippen LogP contribution in [-0.4, -0.2) is 48.9 Å². The molecule has 0 N–H and O–H groups in total. The summed E-state index contributed by atoms with van der Waals surface area (Å²) in [5.74, 6) is 0. The van der Waals surface area contributed by atoms with Crippen LogP contribution in [0.15, 0.2) is 6.20 Å². The van der Waals surface area contributed by atoms with Gasteiger partial charge in [-0.2, -0.15) is 5.10 Å². The summed E-state index contributed by atoms with van der Waals surface area (Å²) in [5.41, 5.74) is 3.29. The molecule has 0 spiro atoms. The Morgan fingerprint density at radius 2 is 2.30 bits per heavy atom. The number of hydrogen-bond acceptors (Lipinski definition) is 5. The lowest BCUT2D eigenvalue weighted by Gasteiger charge is -2.41. The first kappa shape index (κ1) is 15.1. The molecule has 0 aliphatic carbocycles. The van der Waals surface area contributed by atoms with Crippen LogP contribution in [-0.2, 0) is 31.4 Å². The Hall–Kier alpha value is -1.44. The highest BCUT2D eigenvalue weighted by Crippen LogP contribution is 2.31. The van der Waals surface area contributed by atoms with Crippen molar-refractivity contribution in [1.82, 2.24) is 29.7 Å². The first-order chi connectivity index (χ1) is 11.2. The van der Waals surface area contributed by atoms with E-state index in [9.17, 15) is 0 Å². The third kappa shape index (κ3) is 2.56. The lowest BCUT2D eigenvalue weighted by molar-refractivity contribution is -0.0670. The Morgan fingerprint density at radius 3 is 3.13 bits per heavy atom. The molecule has 2 aromatic rings. The predicted octanol–water partition coefficient (Wildman–Crippen LogP) is 1.57. The van der Waals surface area contributed by atoms with Gasteiger partial charge in [-0.15, -0.1) is 5.10 Å².